The van der Waals surface area contributed by atoms with Gasteiger partial charge in [0.05, 0.1) is 12.7 Å². The summed E-state index contributed by atoms with van der Waals surface area (Å²) < 4.78 is 32.4. The smallest absolute Gasteiger partial charge is 0.246 e. The van der Waals surface area contributed by atoms with Crippen LogP contribution in [0.3, 0.4) is 0 Å². The van der Waals surface area contributed by atoms with Crippen molar-refractivity contribution in [2.75, 3.05) is 20.2 Å². The first-order chi connectivity index (χ1) is 9.11. The number of nitrogens with zero attached hydrogens (tertiary/aromatic N) is 1. The van der Waals surface area contributed by atoms with Crippen LogP contribution in [-0.2, 0) is 10.0 Å². The number of halogens is 1. The molecular weight excluding hydrogens is 346 g/mol. The highest BCUT2D eigenvalue weighted by molar-refractivity contribution is 9.10. The molecule has 0 amide bonds. The Balaban J connectivity index is 3.30. The van der Waals surface area contributed by atoms with Crippen molar-refractivity contribution in [2.24, 2.45) is 0 Å². The van der Waals surface area contributed by atoms with E-state index in [4.69, 9.17) is 4.74 Å². The second kappa shape index (κ2) is 6.43. The molecule has 1 N–H and O–H groups in total. The largest absolute Gasteiger partial charge is 0.495 e. The quantitative estimate of drug-likeness (QED) is 0.839. The molecule has 0 aliphatic heterocycles. The molecule has 0 saturated heterocycles. The maximum absolute atomic E-state index is 12.7. The van der Waals surface area contributed by atoms with Crippen molar-refractivity contribution in [1.29, 1.82) is 0 Å². The van der Waals surface area contributed by atoms with E-state index >= 15 is 0 Å². The maximum Gasteiger partial charge on any atom is 0.246 e. The van der Waals surface area contributed by atoms with Crippen LogP contribution in [0.2, 0.25) is 0 Å². The van der Waals surface area contributed by atoms with Crippen molar-refractivity contribution >= 4 is 26.0 Å². The zero-order chi connectivity index (χ0) is 15.6. The fourth-order valence-corrected chi connectivity index (χ4v) is 4.09. The van der Waals surface area contributed by atoms with Crippen LogP contribution in [0.4, 0.5) is 0 Å². The summed E-state index contributed by atoms with van der Waals surface area (Å²) in [4.78, 5) is 0.0838. The third kappa shape index (κ3) is 4.18. The molecule has 7 heteroatoms. The van der Waals surface area contributed by atoms with Gasteiger partial charge < -0.3 is 9.84 Å². The van der Waals surface area contributed by atoms with Gasteiger partial charge in [0.2, 0.25) is 10.0 Å². The average Bonchev–Trinajstić information content (AvgIpc) is 2.34. The lowest BCUT2D eigenvalue weighted by atomic mass is 10.1. The number of ether oxygens (including phenoxy) is 1. The van der Waals surface area contributed by atoms with Gasteiger partial charge in [-0.3, -0.25) is 0 Å². The maximum atomic E-state index is 12.7. The Morgan fingerprint density at radius 1 is 1.40 bits per heavy atom. The second-order valence-electron chi connectivity index (χ2n) is 5.04. The topological polar surface area (TPSA) is 66.8 Å². The minimum Gasteiger partial charge on any atom is -0.495 e. The van der Waals surface area contributed by atoms with Gasteiger partial charge in [0.25, 0.3) is 0 Å². The molecule has 1 rings (SSSR count). The summed E-state index contributed by atoms with van der Waals surface area (Å²) in [6, 6.07) is 4.81. The summed E-state index contributed by atoms with van der Waals surface area (Å²) in [6.07, 6.45) is 0. The zero-order valence-corrected chi connectivity index (χ0v) is 14.5. The molecule has 0 aliphatic rings. The molecule has 1 aromatic rings. The number of rotatable bonds is 6. The van der Waals surface area contributed by atoms with Crippen molar-refractivity contribution in [3.05, 3.63) is 22.7 Å². The van der Waals surface area contributed by atoms with Crippen molar-refractivity contribution in [3.63, 3.8) is 0 Å². The van der Waals surface area contributed by atoms with Crippen LogP contribution in [-0.4, -0.2) is 43.6 Å². The van der Waals surface area contributed by atoms with Crippen molar-refractivity contribution in [2.45, 2.75) is 31.3 Å². The standard InChI is InChI=1S/C13H20BrNO4S/c1-5-15(9-13(2,3)16)20(17,18)12-8-10(14)6-7-11(12)19-4/h6-8,16H,5,9H2,1-4H3. The van der Waals surface area contributed by atoms with Gasteiger partial charge in [0, 0.05) is 17.6 Å². The van der Waals surface area contributed by atoms with Crippen molar-refractivity contribution in [1.82, 2.24) is 4.31 Å². The third-order valence-electron chi connectivity index (χ3n) is 2.66. The lowest BCUT2D eigenvalue weighted by Crippen LogP contribution is -2.42. The van der Waals surface area contributed by atoms with E-state index in [1.165, 1.54) is 17.5 Å². The van der Waals surface area contributed by atoms with Gasteiger partial charge in [0.15, 0.2) is 0 Å². The molecule has 0 fully saturated rings. The van der Waals surface area contributed by atoms with Crippen molar-refractivity contribution < 1.29 is 18.3 Å². The Bertz CT molecular complexity index is 566. The summed E-state index contributed by atoms with van der Waals surface area (Å²) in [7, 11) is -2.31. The Hall–Kier alpha value is -0.630. The Morgan fingerprint density at radius 2 is 2.00 bits per heavy atom. The minimum absolute atomic E-state index is 0.0154. The Kier molecular flexibility index (Phi) is 5.60. The molecule has 114 valence electrons. The average molecular weight is 366 g/mol. The van der Waals surface area contributed by atoms with E-state index in [2.05, 4.69) is 15.9 Å². The molecule has 0 bridgehead atoms. The van der Waals surface area contributed by atoms with Crippen LogP contribution in [0, 0.1) is 0 Å². The molecule has 0 atom stereocenters. The summed E-state index contributed by atoms with van der Waals surface area (Å²) in [6.45, 7) is 5.16. The monoisotopic (exact) mass is 365 g/mol. The molecule has 0 heterocycles. The van der Waals surface area contributed by atoms with Crippen LogP contribution < -0.4 is 4.74 Å². The summed E-state index contributed by atoms with van der Waals surface area (Å²) in [5.41, 5.74) is -1.11. The summed E-state index contributed by atoms with van der Waals surface area (Å²) in [5.74, 6) is 0.280. The lowest BCUT2D eigenvalue weighted by Gasteiger charge is -2.27. The van der Waals surface area contributed by atoms with E-state index in [-0.39, 0.29) is 23.7 Å². The zero-order valence-electron chi connectivity index (χ0n) is 12.1. The van der Waals surface area contributed by atoms with E-state index in [1.807, 2.05) is 0 Å². The van der Waals surface area contributed by atoms with Crippen LogP contribution in [0.15, 0.2) is 27.6 Å². The first-order valence-electron chi connectivity index (χ1n) is 6.18. The number of hydrogen-bond donors (Lipinski definition) is 1. The highest BCUT2D eigenvalue weighted by Crippen LogP contribution is 2.30. The summed E-state index contributed by atoms with van der Waals surface area (Å²) >= 11 is 3.26. The molecule has 0 aliphatic carbocycles. The molecular formula is C13H20BrNO4S. The highest BCUT2D eigenvalue weighted by Gasteiger charge is 2.30. The lowest BCUT2D eigenvalue weighted by molar-refractivity contribution is 0.0601. The SMILES string of the molecule is CCN(CC(C)(C)O)S(=O)(=O)c1cc(Br)ccc1OC. The molecule has 5 nitrogen and oxygen atoms in total. The Morgan fingerprint density at radius 3 is 2.45 bits per heavy atom. The fourth-order valence-electron chi connectivity index (χ4n) is 1.79. The van der Waals surface area contributed by atoms with E-state index in [0.29, 0.717) is 4.47 Å². The molecule has 1 aromatic carbocycles. The van der Waals surface area contributed by atoms with Gasteiger partial charge >= 0.3 is 0 Å². The van der Waals surface area contributed by atoms with Gasteiger partial charge in [-0.05, 0) is 32.0 Å². The number of sulfonamides is 1. The first kappa shape index (κ1) is 17.4. The first-order valence-corrected chi connectivity index (χ1v) is 8.41. The van der Waals surface area contributed by atoms with Gasteiger partial charge in [-0.25, -0.2) is 8.42 Å². The molecule has 0 aromatic heterocycles. The van der Waals surface area contributed by atoms with Crippen molar-refractivity contribution in [3.8, 4) is 5.75 Å². The number of methoxy groups -OCH3 is 1. The van der Waals surface area contributed by atoms with Gasteiger partial charge in [0.1, 0.15) is 10.6 Å². The van der Waals surface area contributed by atoms with E-state index in [9.17, 15) is 13.5 Å². The second-order valence-corrected chi connectivity index (χ2v) is 7.86. The van der Waals surface area contributed by atoms with Crippen LogP contribution in [0.25, 0.3) is 0 Å². The van der Waals surface area contributed by atoms with E-state index in [1.54, 1.807) is 32.9 Å². The third-order valence-corrected chi connectivity index (χ3v) is 5.09. The fraction of sp³-hybridized carbons (Fsp3) is 0.538. The normalized spacial score (nSPS) is 12.8. The number of aliphatic hydroxyl groups is 1. The van der Waals surface area contributed by atoms with Gasteiger partial charge in [-0.1, -0.05) is 22.9 Å². The number of benzene rings is 1. The molecule has 0 radical (unpaired) electrons. The van der Waals surface area contributed by atoms with Gasteiger partial charge in [-0.2, -0.15) is 4.31 Å². The predicted octanol–water partition coefficient (Wildman–Crippen LogP) is 2.24. The minimum atomic E-state index is -3.73. The summed E-state index contributed by atoms with van der Waals surface area (Å²) in [5, 5.41) is 9.86. The van der Waals surface area contributed by atoms with E-state index < -0.39 is 15.6 Å². The number of hydrogen-bond acceptors (Lipinski definition) is 4. The Labute approximate surface area is 128 Å². The highest BCUT2D eigenvalue weighted by atomic mass is 79.9. The van der Waals surface area contributed by atoms with E-state index in [0.717, 1.165) is 0 Å². The van der Waals surface area contributed by atoms with Gasteiger partial charge in [-0.15, -0.1) is 0 Å². The molecule has 0 spiro atoms. The van der Waals surface area contributed by atoms with Crippen LogP contribution >= 0.6 is 15.9 Å². The van der Waals surface area contributed by atoms with Crippen LogP contribution in [0.1, 0.15) is 20.8 Å². The van der Waals surface area contributed by atoms with Crippen LogP contribution in [0.5, 0.6) is 5.75 Å². The molecule has 20 heavy (non-hydrogen) atoms. The molecule has 0 saturated carbocycles. The predicted molar refractivity (Wildman–Crippen MR) is 81.4 cm³/mol. The number of likely N-dealkylation sites (N-methyl/N-ethyl adjacent to an activating group) is 1. The molecule has 0 unspecified atom stereocenters.